The van der Waals surface area contributed by atoms with Gasteiger partial charge in [-0.25, -0.2) is 0 Å². The highest BCUT2D eigenvalue weighted by molar-refractivity contribution is 8.01. The van der Waals surface area contributed by atoms with Crippen molar-refractivity contribution in [3.63, 3.8) is 0 Å². The van der Waals surface area contributed by atoms with Crippen molar-refractivity contribution in [1.82, 2.24) is 0 Å². The lowest BCUT2D eigenvalue weighted by molar-refractivity contribution is 0.107. The average Bonchev–Trinajstić information content (AvgIpc) is 3.16. The van der Waals surface area contributed by atoms with E-state index in [9.17, 15) is 0 Å². The van der Waals surface area contributed by atoms with Crippen molar-refractivity contribution in [3.8, 4) is 0 Å². The highest BCUT2D eigenvalue weighted by Gasteiger charge is 2.56. The van der Waals surface area contributed by atoms with Gasteiger partial charge >= 0.3 is 0 Å². The van der Waals surface area contributed by atoms with Gasteiger partial charge in [-0.2, -0.15) is 0 Å². The fourth-order valence-electron chi connectivity index (χ4n) is 3.95. The van der Waals surface area contributed by atoms with Crippen LogP contribution in [0.3, 0.4) is 0 Å². The van der Waals surface area contributed by atoms with Gasteiger partial charge in [0.1, 0.15) is 0 Å². The van der Waals surface area contributed by atoms with Crippen LogP contribution in [0.4, 0.5) is 0 Å². The molecule has 24 heavy (non-hydrogen) atoms. The number of hydrogen-bond acceptors (Lipinski definition) is 2. The molecule has 0 aromatic rings. The van der Waals surface area contributed by atoms with Gasteiger partial charge in [0, 0.05) is 84.0 Å². The van der Waals surface area contributed by atoms with Crippen LogP contribution in [0.15, 0.2) is 0 Å². The van der Waals surface area contributed by atoms with Crippen molar-refractivity contribution in [1.29, 1.82) is 0 Å². The predicted octanol–water partition coefficient (Wildman–Crippen LogP) is -0.921. The minimum absolute atomic E-state index is 0.0877. The summed E-state index contributed by atoms with van der Waals surface area (Å²) in [6, 6.07) is 0. The zero-order valence-corrected chi connectivity index (χ0v) is 15.3. The van der Waals surface area contributed by atoms with E-state index < -0.39 is 19.2 Å². The van der Waals surface area contributed by atoms with Crippen LogP contribution in [0.2, 0.25) is 11.6 Å². The Morgan fingerprint density at radius 3 is 2.04 bits per heavy atom. The highest BCUT2D eigenvalue weighted by Crippen LogP contribution is 2.56. The van der Waals surface area contributed by atoms with Crippen LogP contribution in [-0.4, -0.2) is 95.8 Å². The molecule has 1 heterocycles. The zero-order chi connectivity index (χ0) is 18.3. The summed E-state index contributed by atoms with van der Waals surface area (Å²) >= 11 is 0. The summed E-state index contributed by atoms with van der Waals surface area (Å²) in [6.45, 7) is 6.40. The van der Waals surface area contributed by atoms with Gasteiger partial charge in [-0.05, 0) is 18.8 Å². The lowest BCUT2D eigenvalue weighted by atomic mass is 8.57. The fourth-order valence-corrected chi connectivity index (χ4v) is 3.95. The summed E-state index contributed by atoms with van der Waals surface area (Å²) in [5.41, 5.74) is 0. The highest BCUT2D eigenvalue weighted by atomic mass is 16.5. The molecule has 0 bridgehead atoms. The molecule has 1 fully saturated rings. The van der Waals surface area contributed by atoms with Gasteiger partial charge in [0.15, 0.2) is 0 Å². The second kappa shape index (κ2) is 11.3. The molecule has 0 amide bonds. The van der Waals surface area contributed by atoms with E-state index in [0.29, 0.717) is 24.2 Å². The Bertz CT molecular complexity index is 346. The van der Waals surface area contributed by atoms with Crippen LogP contribution in [0.1, 0.15) is 39.5 Å². The molecule has 0 saturated carbocycles. The molecule has 1 rings (SSSR count). The van der Waals surface area contributed by atoms with Crippen molar-refractivity contribution in [3.05, 3.63) is 0 Å². The Morgan fingerprint density at radius 2 is 1.58 bits per heavy atom. The van der Waals surface area contributed by atoms with Gasteiger partial charge < -0.3 is 9.84 Å². The van der Waals surface area contributed by atoms with Gasteiger partial charge in [-0.3, -0.25) is 0 Å². The maximum atomic E-state index is 9.12. The van der Waals surface area contributed by atoms with Crippen LogP contribution in [-0.2, 0) is 4.74 Å². The molecule has 2 nitrogen and oxygen atoms in total. The summed E-state index contributed by atoms with van der Waals surface area (Å²) in [7, 11) is 29.7. The van der Waals surface area contributed by atoms with E-state index in [1.54, 1.807) is 0 Å². The zero-order valence-electron chi connectivity index (χ0n) is 15.3. The lowest BCUT2D eigenvalue weighted by Gasteiger charge is -2.26. The monoisotopic (exact) mass is 310 g/mol. The average molecular weight is 308 g/mol. The first kappa shape index (κ1) is 22.6. The van der Waals surface area contributed by atoms with Gasteiger partial charge in [0.25, 0.3) is 0 Å². The second-order valence-corrected chi connectivity index (χ2v) is 7.69. The first-order chi connectivity index (χ1) is 11.3. The summed E-state index contributed by atoms with van der Waals surface area (Å²) < 4.78 is 5.66. The summed E-state index contributed by atoms with van der Waals surface area (Å²) in [6.07, 6.45) is 2.18. The predicted molar refractivity (Wildman–Crippen MR) is 116 cm³/mol. The van der Waals surface area contributed by atoms with E-state index in [4.69, 9.17) is 48.5 Å². The maximum Gasteiger partial charge on any atom is 0.0969 e. The molecule has 0 aliphatic carbocycles. The van der Waals surface area contributed by atoms with E-state index in [0.717, 1.165) is 38.9 Å². The van der Waals surface area contributed by atoms with Crippen molar-refractivity contribution >= 4 is 70.8 Å². The van der Waals surface area contributed by atoms with Crippen molar-refractivity contribution in [2.45, 2.75) is 51.2 Å². The number of aliphatic hydroxyl groups is 1. The third kappa shape index (κ3) is 7.06. The lowest BCUT2D eigenvalue weighted by Crippen LogP contribution is -2.63. The quantitative estimate of drug-likeness (QED) is 0.352. The van der Waals surface area contributed by atoms with E-state index in [1.807, 2.05) is 0 Å². The molecule has 1 saturated heterocycles. The minimum atomic E-state index is -0.626. The third-order valence-electron chi connectivity index (χ3n) is 5.15. The Morgan fingerprint density at radius 1 is 1.00 bits per heavy atom. The normalized spacial score (nSPS) is 19.4. The van der Waals surface area contributed by atoms with Crippen LogP contribution in [0.25, 0.3) is 0 Å². The molecule has 0 aromatic carbocycles. The largest absolute Gasteiger partial charge is 0.396 e. The van der Waals surface area contributed by atoms with Gasteiger partial charge in [-0.1, -0.05) is 38.3 Å². The number of rotatable bonds is 13. The SMILES string of the molecule is [B]B([B])B([B])B(B([B])[B])B1C(CCCO)C1CCCOCC(C)C. The Hall–Kier alpha value is 0.569. The molecule has 0 spiro atoms. The molecule has 10 radical (unpaired) electrons. The molecular formula is C12H24B10O2. The van der Waals surface area contributed by atoms with Crippen LogP contribution in [0.5, 0.6) is 0 Å². The molecule has 12 heteroatoms. The molecule has 114 valence electrons. The molecule has 0 aromatic heterocycles. The topological polar surface area (TPSA) is 29.5 Å². The Labute approximate surface area is 157 Å². The molecule has 1 N–H and O–H groups in total. The van der Waals surface area contributed by atoms with Crippen molar-refractivity contribution in [2.24, 2.45) is 5.92 Å². The van der Waals surface area contributed by atoms with Crippen LogP contribution in [0, 0.1) is 5.92 Å². The van der Waals surface area contributed by atoms with E-state index in [-0.39, 0.29) is 13.0 Å². The van der Waals surface area contributed by atoms with Gasteiger partial charge in [-0.15, -0.1) is 0 Å². The summed E-state index contributed by atoms with van der Waals surface area (Å²) in [4.78, 5) is 0. The number of aliphatic hydroxyl groups excluding tert-OH is 1. The number of ether oxygens (including phenoxy) is 1. The molecule has 1 aliphatic rings. The van der Waals surface area contributed by atoms with Gasteiger partial charge in [0.05, 0.1) is 6.60 Å². The minimum Gasteiger partial charge on any atom is -0.396 e. The molecular weight excluding hydrogens is 284 g/mol. The van der Waals surface area contributed by atoms with Crippen molar-refractivity contribution < 1.29 is 9.84 Å². The third-order valence-corrected chi connectivity index (χ3v) is 5.15. The summed E-state index contributed by atoms with van der Waals surface area (Å²) in [5, 5.41) is 9.12. The molecule has 2 atom stereocenters. The smallest absolute Gasteiger partial charge is 0.0969 e. The molecule has 1 aliphatic heterocycles. The number of hydrogen-bond donors (Lipinski definition) is 1. The fraction of sp³-hybridized carbons (Fsp3) is 1.00. The van der Waals surface area contributed by atoms with E-state index in [2.05, 4.69) is 13.8 Å². The Balaban J connectivity index is 2.57. The van der Waals surface area contributed by atoms with Crippen molar-refractivity contribution in [2.75, 3.05) is 19.8 Å². The standard InChI is InChI=1S/C12H24B10O2/c1-10(2)9-24-8-4-6-12-11(5-3-7-23)18(12)22(20(15)16)21(17)19(13)14/h10-12,23H,3-9H2,1-2H3. The molecule has 2 unspecified atom stereocenters. The Kier molecular flexibility index (Phi) is 10.7. The van der Waals surface area contributed by atoms with Crippen LogP contribution < -0.4 is 0 Å². The first-order valence-corrected chi connectivity index (χ1v) is 9.27. The van der Waals surface area contributed by atoms with Crippen LogP contribution >= 0.6 is 0 Å². The van der Waals surface area contributed by atoms with Gasteiger partial charge in [0.2, 0.25) is 0 Å². The maximum absolute atomic E-state index is 9.12. The second-order valence-electron chi connectivity index (χ2n) is 7.69. The first-order valence-electron chi connectivity index (χ1n) is 9.27. The summed E-state index contributed by atoms with van der Waals surface area (Å²) in [5.74, 6) is 1.56. The van der Waals surface area contributed by atoms with E-state index >= 15 is 0 Å². The van der Waals surface area contributed by atoms with E-state index in [1.165, 1.54) is 0 Å².